The van der Waals surface area contributed by atoms with Crippen molar-refractivity contribution < 1.29 is 13.2 Å². The number of benzene rings is 3. The van der Waals surface area contributed by atoms with Gasteiger partial charge in [0.2, 0.25) is 0 Å². The summed E-state index contributed by atoms with van der Waals surface area (Å²) in [5, 5.41) is 5.71. The molecule has 1 unspecified atom stereocenters. The molecule has 2 N–H and O–H groups in total. The first-order valence-electron chi connectivity index (χ1n) is 11.6. The van der Waals surface area contributed by atoms with Crippen LogP contribution in [0.3, 0.4) is 0 Å². The van der Waals surface area contributed by atoms with Gasteiger partial charge in [-0.25, -0.2) is 13.2 Å². The largest absolute Gasteiger partial charge is 0.331 e. The van der Waals surface area contributed by atoms with Crippen LogP contribution in [0.25, 0.3) is 6.08 Å². The van der Waals surface area contributed by atoms with Crippen LogP contribution in [-0.4, -0.2) is 26.4 Å². The number of anilines is 1. The summed E-state index contributed by atoms with van der Waals surface area (Å²) in [5.74, 6) is -0.0586. The molecule has 0 radical (unpaired) electrons. The number of carbonyl (C=O) groups excluding carboxylic acids is 1. The van der Waals surface area contributed by atoms with E-state index in [2.05, 4.69) is 22.1 Å². The Morgan fingerprint density at radius 3 is 2.51 bits per heavy atom. The van der Waals surface area contributed by atoms with Crippen molar-refractivity contribution in [3.05, 3.63) is 101 Å². The predicted octanol–water partition coefficient (Wildman–Crippen LogP) is 5.44. The molecule has 0 aliphatic carbocycles. The predicted molar refractivity (Wildman–Crippen MR) is 141 cm³/mol. The topological polar surface area (TPSA) is 78.5 Å². The summed E-state index contributed by atoms with van der Waals surface area (Å²) in [5.41, 5.74) is 6.81. The maximum atomic E-state index is 13.0. The second-order valence-corrected chi connectivity index (χ2v) is 11.2. The Balaban J connectivity index is 1.39. The maximum absolute atomic E-state index is 13.0. The van der Waals surface area contributed by atoms with E-state index in [0.29, 0.717) is 5.69 Å². The van der Waals surface area contributed by atoms with Crippen LogP contribution in [0, 0.1) is 6.92 Å². The Labute approximate surface area is 207 Å². The van der Waals surface area contributed by atoms with E-state index in [0.717, 1.165) is 35.3 Å². The van der Waals surface area contributed by atoms with Gasteiger partial charge in [0.15, 0.2) is 9.84 Å². The lowest BCUT2D eigenvalue weighted by Gasteiger charge is -2.18. The molecule has 0 saturated heterocycles. The Morgan fingerprint density at radius 1 is 1.09 bits per heavy atom. The molecule has 1 heterocycles. The van der Waals surface area contributed by atoms with Crippen molar-refractivity contribution in [1.29, 1.82) is 0 Å². The van der Waals surface area contributed by atoms with E-state index >= 15 is 0 Å². The molecule has 0 aromatic heterocycles. The van der Waals surface area contributed by atoms with Crippen LogP contribution >= 0.6 is 0 Å². The number of carbonyl (C=O) groups is 1. The smallest absolute Gasteiger partial charge is 0.319 e. The van der Waals surface area contributed by atoms with Crippen LogP contribution < -0.4 is 10.6 Å². The number of hydrogen-bond donors (Lipinski definition) is 2. The molecule has 2 amide bonds. The fourth-order valence-corrected chi connectivity index (χ4v) is 5.89. The summed E-state index contributed by atoms with van der Waals surface area (Å²) in [7, 11) is -1.46. The molecule has 1 aliphatic heterocycles. The minimum Gasteiger partial charge on any atom is -0.331 e. The normalized spacial score (nSPS) is 14.3. The van der Waals surface area contributed by atoms with Crippen LogP contribution in [0.5, 0.6) is 0 Å². The van der Waals surface area contributed by atoms with Crippen LogP contribution in [0.2, 0.25) is 0 Å². The number of fused-ring (bicyclic) bond motifs is 1. The Bertz CT molecular complexity index is 1360. The molecule has 3 aromatic carbocycles. The average Bonchev–Trinajstić information content (AvgIpc) is 3.18. The van der Waals surface area contributed by atoms with Gasteiger partial charge in [-0.05, 0) is 78.5 Å². The standard InChI is InChI=1S/C28H31N3O3S/c1-5-26-19(2)7-6-8-27(26)20(3)29-28(32)30-24-11-13-25(14-12-24)35(33,34)18-21-9-10-22-16-31(4)17-23(22)15-21/h5-15,20H,1,16-18H2,2-4H3,(H2,29,30,32). The fraction of sp³-hybridized carbons (Fsp3) is 0.250. The molecule has 6 nitrogen and oxygen atoms in total. The summed E-state index contributed by atoms with van der Waals surface area (Å²) >= 11 is 0. The molecule has 0 bridgehead atoms. The number of sulfone groups is 1. The number of hydrogen-bond acceptors (Lipinski definition) is 4. The highest BCUT2D eigenvalue weighted by molar-refractivity contribution is 7.90. The van der Waals surface area contributed by atoms with Crippen LogP contribution in [-0.2, 0) is 28.7 Å². The summed E-state index contributed by atoms with van der Waals surface area (Å²) in [6, 6.07) is 17.5. The van der Waals surface area contributed by atoms with E-state index in [-0.39, 0.29) is 22.7 Å². The third-order valence-electron chi connectivity index (χ3n) is 6.36. The molecule has 182 valence electrons. The number of nitrogens with one attached hydrogen (secondary N) is 2. The van der Waals surface area contributed by atoms with Crippen molar-refractivity contribution in [2.75, 3.05) is 12.4 Å². The highest BCUT2D eigenvalue weighted by Gasteiger charge is 2.20. The van der Waals surface area contributed by atoms with E-state index < -0.39 is 9.84 Å². The summed E-state index contributed by atoms with van der Waals surface area (Å²) in [6.45, 7) is 9.52. The number of nitrogens with zero attached hydrogens (tertiary/aromatic N) is 1. The van der Waals surface area contributed by atoms with Crippen LogP contribution in [0.15, 0.2) is 72.1 Å². The highest BCUT2D eigenvalue weighted by atomic mass is 32.2. The maximum Gasteiger partial charge on any atom is 0.319 e. The van der Waals surface area contributed by atoms with Crippen molar-refractivity contribution in [2.45, 2.75) is 43.6 Å². The number of rotatable bonds is 7. The first kappa shape index (κ1) is 24.7. The molecule has 3 aromatic rings. The molecule has 1 aliphatic rings. The Hall–Kier alpha value is -3.42. The van der Waals surface area contributed by atoms with Gasteiger partial charge >= 0.3 is 6.03 Å². The molecule has 0 spiro atoms. The van der Waals surface area contributed by atoms with Crippen LogP contribution in [0.1, 0.15) is 46.3 Å². The summed E-state index contributed by atoms with van der Waals surface area (Å²) < 4.78 is 25.9. The first-order valence-corrected chi connectivity index (χ1v) is 13.2. The van der Waals surface area contributed by atoms with Gasteiger partial charge in [-0.1, -0.05) is 49.1 Å². The quantitative estimate of drug-likeness (QED) is 0.463. The molecular formula is C28H31N3O3S. The molecule has 7 heteroatoms. The van der Waals surface area contributed by atoms with Gasteiger partial charge in [0.1, 0.15) is 0 Å². The Morgan fingerprint density at radius 2 is 1.80 bits per heavy atom. The average molecular weight is 490 g/mol. The van der Waals surface area contributed by atoms with E-state index in [4.69, 9.17) is 0 Å². The molecule has 1 atom stereocenters. The van der Waals surface area contributed by atoms with E-state index in [1.807, 2.05) is 57.3 Å². The van der Waals surface area contributed by atoms with Gasteiger partial charge in [0, 0.05) is 18.8 Å². The number of urea groups is 1. The molecular weight excluding hydrogens is 458 g/mol. The van der Waals surface area contributed by atoms with Gasteiger partial charge in [0.05, 0.1) is 16.7 Å². The minimum absolute atomic E-state index is 0.0586. The van der Waals surface area contributed by atoms with E-state index in [1.165, 1.54) is 23.3 Å². The molecule has 4 rings (SSSR count). The van der Waals surface area contributed by atoms with Gasteiger partial charge in [-0.15, -0.1) is 0 Å². The summed E-state index contributed by atoms with van der Waals surface area (Å²) in [4.78, 5) is 15.0. The number of aryl methyl sites for hydroxylation is 1. The van der Waals surface area contributed by atoms with Gasteiger partial charge in [-0.3, -0.25) is 4.90 Å². The molecule has 35 heavy (non-hydrogen) atoms. The zero-order chi connectivity index (χ0) is 25.2. The first-order chi connectivity index (χ1) is 16.7. The second-order valence-electron chi connectivity index (χ2n) is 9.16. The second kappa shape index (κ2) is 10.1. The molecule has 0 fully saturated rings. The SMILES string of the molecule is C=Cc1c(C)cccc1C(C)NC(=O)Nc1ccc(S(=O)(=O)Cc2ccc3c(c2)CN(C)C3)cc1. The van der Waals surface area contributed by atoms with Crippen molar-refractivity contribution in [2.24, 2.45) is 0 Å². The van der Waals surface area contributed by atoms with E-state index in [1.54, 1.807) is 18.2 Å². The lowest BCUT2D eigenvalue weighted by Crippen LogP contribution is -2.31. The minimum atomic E-state index is -3.51. The van der Waals surface area contributed by atoms with E-state index in [9.17, 15) is 13.2 Å². The van der Waals surface area contributed by atoms with Gasteiger partial charge in [-0.2, -0.15) is 0 Å². The Kier molecular flexibility index (Phi) is 7.10. The summed E-state index contributed by atoms with van der Waals surface area (Å²) in [6.07, 6.45) is 1.79. The third-order valence-corrected chi connectivity index (χ3v) is 8.06. The zero-order valence-electron chi connectivity index (χ0n) is 20.3. The fourth-order valence-electron chi connectivity index (χ4n) is 4.56. The van der Waals surface area contributed by atoms with Crippen molar-refractivity contribution >= 4 is 27.6 Å². The monoisotopic (exact) mass is 489 g/mol. The van der Waals surface area contributed by atoms with Crippen LogP contribution in [0.4, 0.5) is 10.5 Å². The molecule has 0 saturated carbocycles. The highest BCUT2D eigenvalue weighted by Crippen LogP contribution is 2.26. The van der Waals surface area contributed by atoms with Crippen molar-refractivity contribution in [3.63, 3.8) is 0 Å². The lowest BCUT2D eigenvalue weighted by molar-refractivity contribution is 0.249. The third kappa shape index (κ3) is 5.63. The van der Waals surface area contributed by atoms with Crippen molar-refractivity contribution in [3.8, 4) is 0 Å². The van der Waals surface area contributed by atoms with Crippen molar-refractivity contribution in [1.82, 2.24) is 10.2 Å². The van der Waals surface area contributed by atoms with Gasteiger partial charge in [0.25, 0.3) is 0 Å². The zero-order valence-corrected chi connectivity index (χ0v) is 21.2. The lowest BCUT2D eigenvalue weighted by atomic mass is 9.97. The number of amides is 2. The van der Waals surface area contributed by atoms with Gasteiger partial charge < -0.3 is 10.6 Å².